The van der Waals surface area contributed by atoms with Gasteiger partial charge in [0.05, 0.1) is 5.92 Å². The number of ether oxygens (including phenoxy) is 2. The quantitative estimate of drug-likeness (QED) is 0.0924. The van der Waals surface area contributed by atoms with E-state index in [-0.39, 0.29) is 19.2 Å². The Hall–Kier alpha value is -2.37. The molecule has 0 radical (unpaired) electrons. The van der Waals surface area contributed by atoms with Crippen LogP contribution in [0.3, 0.4) is 0 Å². The molecule has 36 heavy (non-hydrogen) atoms. The first kappa shape index (κ1) is 29.9. The van der Waals surface area contributed by atoms with E-state index in [1.54, 1.807) is 0 Å². The van der Waals surface area contributed by atoms with Crippen LogP contribution in [0.5, 0.6) is 5.75 Å². The summed E-state index contributed by atoms with van der Waals surface area (Å²) in [5.74, 6) is -0.118. The Balaban J connectivity index is 1.85. The predicted molar refractivity (Wildman–Crippen MR) is 145 cm³/mol. The standard InChI is InChI=1S/C31H46O5/c1-4-5-6-7-8-9-10-11-12-13-29(30(36-33)24-27-18-14-25(2)15-19-27)31(32)35-23-22-34-28-20-16-26(3)17-21-28/h14-21,29-30,33H,4-13,22-24H2,1-3H3. The molecule has 0 aliphatic carbocycles. The Kier molecular flexibility index (Phi) is 14.9. The molecule has 2 aromatic rings. The lowest BCUT2D eigenvalue weighted by Gasteiger charge is -2.23. The van der Waals surface area contributed by atoms with Gasteiger partial charge in [-0.15, -0.1) is 0 Å². The Morgan fingerprint density at radius 1 is 0.778 bits per heavy atom. The van der Waals surface area contributed by atoms with Gasteiger partial charge in [-0.25, -0.2) is 4.89 Å². The molecule has 0 aliphatic rings. The molecule has 0 aromatic heterocycles. The summed E-state index contributed by atoms with van der Waals surface area (Å²) in [6.07, 6.45) is 11.3. The SMILES string of the molecule is CCCCCCCCCCCC(C(=O)OCCOc1ccc(C)cc1)C(Cc1ccc(C)cc1)OO. The fourth-order valence-electron chi connectivity index (χ4n) is 4.38. The van der Waals surface area contributed by atoms with Crippen LogP contribution in [0.1, 0.15) is 87.8 Å². The third-order valence-corrected chi connectivity index (χ3v) is 6.68. The van der Waals surface area contributed by atoms with Crippen molar-refractivity contribution < 1.29 is 24.4 Å². The highest BCUT2D eigenvalue weighted by molar-refractivity contribution is 5.73. The van der Waals surface area contributed by atoms with Crippen LogP contribution in [0.15, 0.2) is 48.5 Å². The Labute approximate surface area is 218 Å². The van der Waals surface area contributed by atoms with E-state index in [0.717, 1.165) is 29.7 Å². The Morgan fingerprint density at radius 2 is 1.33 bits per heavy atom. The van der Waals surface area contributed by atoms with Crippen LogP contribution in [-0.2, 0) is 20.8 Å². The summed E-state index contributed by atoms with van der Waals surface area (Å²) >= 11 is 0. The number of carbonyl (C=O) groups excluding carboxylic acids is 1. The van der Waals surface area contributed by atoms with E-state index >= 15 is 0 Å². The van der Waals surface area contributed by atoms with E-state index in [4.69, 9.17) is 14.4 Å². The minimum absolute atomic E-state index is 0.156. The van der Waals surface area contributed by atoms with Gasteiger partial charge in [0.15, 0.2) is 0 Å². The first-order chi connectivity index (χ1) is 17.5. The molecule has 2 unspecified atom stereocenters. The van der Waals surface area contributed by atoms with Gasteiger partial charge in [0.2, 0.25) is 0 Å². The highest BCUT2D eigenvalue weighted by Crippen LogP contribution is 2.23. The van der Waals surface area contributed by atoms with Crippen molar-refractivity contribution in [1.29, 1.82) is 0 Å². The topological polar surface area (TPSA) is 65.0 Å². The number of esters is 1. The summed E-state index contributed by atoms with van der Waals surface area (Å²) in [4.78, 5) is 17.9. The maximum absolute atomic E-state index is 13.0. The molecule has 2 aromatic carbocycles. The number of rotatable bonds is 19. The van der Waals surface area contributed by atoms with E-state index in [1.807, 2.05) is 62.4 Å². The molecule has 0 amide bonds. The van der Waals surface area contributed by atoms with Crippen molar-refractivity contribution in [2.24, 2.45) is 5.92 Å². The van der Waals surface area contributed by atoms with Crippen LogP contribution >= 0.6 is 0 Å². The average Bonchev–Trinajstić information content (AvgIpc) is 2.89. The first-order valence-corrected chi connectivity index (χ1v) is 13.7. The van der Waals surface area contributed by atoms with Gasteiger partial charge in [-0.2, -0.15) is 0 Å². The number of benzene rings is 2. The van der Waals surface area contributed by atoms with E-state index in [1.165, 1.54) is 50.5 Å². The van der Waals surface area contributed by atoms with Gasteiger partial charge in [0, 0.05) is 6.42 Å². The van der Waals surface area contributed by atoms with Crippen LogP contribution in [0, 0.1) is 19.8 Å². The Bertz CT molecular complexity index is 831. The van der Waals surface area contributed by atoms with E-state index in [0.29, 0.717) is 12.8 Å². The number of unbranched alkanes of at least 4 members (excludes halogenated alkanes) is 8. The molecule has 5 nitrogen and oxygen atoms in total. The maximum atomic E-state index is 13.0. The van der Waals surface area contributed by atoms with Crippen molar-refractivity contribution in [2.45, 2.75) is 97.5 Å². The zero-order valence-corrected chi connectivity index (χ0v) is 22.5. The smallest absolute Gasteiger partial charge is 0.311 e. The first-order valence-electron chi connectivity index (χ1n) is 13.7. The number of carbonyl (C=O) groups is 1. The molecule has 0 saturated carbocycles. The van der Waals surface area contributed by atoms with Crippen molar-refractivity contribution in [3.63, 3.8) is 0 Å². The van der Waals surface area contributed by atoms with Gasteiger partial charge in [0.25, 0.3) is 0 Å². The lowest BCUT2D eigenvalue weighted by molar-refractivity contribution is -0.290. The number of aryl methyl sites for hydroxylation is 2. The van der Waals surface area contributed by atoms with E-state index < -0.39 is 12.0 Å². The summed E-state index contributed by atoms with van der Waals surface area (Å²) in [6.45, 7) is 6.73. The van der Waals surface area contributed by atoms with Crippen molar-refractivity contribution in [3.8, 4) is 5.75 Å². The predicted octanol–water partition coefficient (Wildman–Crippen LogP) is 7.86. The molecule has 5 heteroatoms. The second-order valence-electron chi connectivity index (χ2n) is 9.89. The molecule has 0 fully saturated rings. The monoisotopic (exact) mass is 498 g/mol. The second kappa shape index (κ2) is 18.0. The Morgan fingerprint density at radius 3 is 1.92 bits per heavy atom. The highest BCUT2D eigenvalue weighted by Gasteiger charge is 2.31. The fourth-order valence-corrected chi connectivity index (χ4v) is 4.38. The minimum Gasteiger partial charge on any atom is -0.490 e. The fraction of sp³-hybridized carbons (Fsp3) is 0.581. The highest BCUT2D eigenvalue weighted by atomic mass is 17.1. The molecule has 0 aliphatic heterocycles. The van der Waals surface area contributed by atoms with Crippen molar-refractivity contribution in [3.05, 3.63) is 65.2 Å². The van der Waals surface area contributed by atoms with E-state index in [2.05, 4.69) is 6.92 Å². The summed E-state index contributed by atoms with van der Waals surface area (Å²) in [5, 5.41) is 9.71. The van der Waals surface area contributed by atoms with Gasteiger partial charge in [-0.05, 0) is 38.0 Å². The molecular weight excluding hydrogens is 452 g/mol. The molecule has 2 atom stereocenters. The zero-order valence-electron chi connectivity index (χ0n) is 22.5. The van der Waals surface area contributed by atoms with Crippen molar-refractivity contribution >= 4 is 5.97 Å². The van der Waals surface area contributed by atoms with Crippen molar-refractivity contribution in [2.75, 3.05) is 13.2 Å². The summed E-state index contributed by atoms with van der Waals surface area (Å²) in [7, 11) is 0. The normalized spacial score (nSPS) is 12.8. The van der Waals surface area contributed by atoms with Gasteiger partial charge >= 0.3 is 5.97 Å². The summed E-state index contributed by atoms with van der Waals surface area (Å²) in [5.41, 5.74) is 3.35. The van der Waals surface area contributed by atoms with Gasteiger partial charge in [0.1, 0.15) is 25.1 Å². The van der Waals surface area contributed by atoms with E-state index in [9.17, 15) is 10.1 Å². The molecule has 2 rings (SSSR count). The third-order valence-electron chi connectivity index (χ3n) is 6.68. The summed E-state index contributed by atoms with van der Waals surface area (Å²) < 4.78 is 11.3. The van der Waals surface area contributed by atoms with Crippen LogP contribution in [0.2, 0.25) is 0 Å². The molecule has 200 valence electrons. The zero-order chi connectivity index (χ0) is 26.0. The molecule has 0 saturated heterocycles. The molecule has 0 spiro atoms. The van der Waals surface area contributed by atoms with Crippen molar-refractivity contribution in [1.82, 2.24) is 0 Å². The van der Waals surface area contributed by atoms with Gasteiger partial charge < -0.3 is 9.47 Å². The van der Waals surface area contributed by atoms with Crippen LogP contribution in [0.4, 0.5) is 0 Å². The molecular formula is C31H46O5. The van der Waals surface area contributed by atoms with Crippen LogP contribution in [0.25, 0.3) is 0 Å². The lowest BCUT2D eigenvalue weighted by Crippen LogP contribution is -2.34. The van der Waals surface area contributed by atoms with Crippen LogP contribution in [-0.4, -0.2) is 30.5 Å². The number of hydrogen-bond acceptors (Lipinski definition) is 5. The largest absolute Gasteiger partial charge is 0.490 e. The number of hydrogen-bond donors (Lipinski definition) is 1. The lowest BCUT2D eigenvalue weighted by atomic mass is 9.90. The third kappa shape index (κ3) is 12.0. The molecule has 0 heterocycles. The minimum atomic E-state index is -0.646. The van der Waals surface area contributed by atoms with Gasteiger partial charge in [-0.3, -0.25) is 10.1 Å². The second-order valence-corrected chi connectivity index (χ2v) is 9.89. The average molecular weight is 499 g/mol. The molecule has 1 N–H and O–H groups in total. The molecule has 0 bridgehead atoms. The van der Waals surface area contributed by atoms with Gasteiger partial charge in [-0.1, -0.05) is 112 Å². The summed E-state index contributed by atoms with van der Waals surface area (Å²) in [6, 6.07) is 15.9. The maximum Gasteiger partial charge on any atom is 0.311 e. The van der Waals surface area contributed by atoms with Crippen LogP contribution < -0.4 is 4.74 Å².